The van der Waals surface area contributed by atoms with Gasteiger partial charge in [0.1, 0.15) is 0 Å². The van der Waals surface area contributed by atoms with Gasteiger partial charge in [-0.2, -0.15) is 0 Å². The molecule has 0 saturated carbocycles. The first-order valence-electron chi connectivity index (χ1n) is 7.16. The number of likely N-dealkylation sites (tertiary alicyclic amines) is 1. The van der Waals surface area contributed by atoms with E-state index in [1.54, 1.807) is 16.7 Å². The maximum Gasteiger partial charge on any atom is 0.310 e. The summed E-state index contributed by atoms with van der Waals surface area (Å²) in [4.78, 5) is 26.8. The molecule has 0 N–H and O–H groups in total. The number of methoxy groups -OCH3 is 1. The maximum absolute atomic E-state index is 12.3. The van der Waals surface area contributed by atoms with Crippen LogP contribution in [0.3, 0.4) is 0 Å². The van der Waals surface area contributed by atoms with E-state index < -0.39 is 0 Å². The number of rotatable bonds is 4. The quantitative estimate of drug-likeness (QED) is 0.633. The summed E-state index contributed by atoms with van der Waals surface area (Å²) in [5, 5.41) is 0. The number of carbonyl (C=O) groups excluding carboxylic acids is 2. The van der Waals surface area contributed by atoms with E-state index in [2.05, 4.69) is 0 Å². The minimum absolute atomic E-state index is 0.0943. The number of esters is 1. The average molecular weight is 307 g/mol. The van der Waals surface area contributed by atoms with Gasteiger partial charge in [-0.25, -0.2) is 0 Å². The minimum atomic E-state index is -0.209. The number of hydrogen-bond acceptors (Lipinski definition) is 4. The Balaban J connectivity index is 1.88. The topological polar surface area (TPSA) is 46.6 Å². The maximum atomic E-state index is 12.3. The second kappa shape index (κ2) is 7.50. The zero-order chi connectivity index (χ0) is 15.2. The summed E-state index contributed by atoms with van der Waals surface area (Å²) >= 11 is 1.56. The zero-order valence-corrected chi connectivity index (χ0v) is 13.3. The minimum Gasteiger partial charge on any atom is -0.469 e. The second-order valence-corrected chi connectivity index (χ2v) is 6.27. The summed E-state index contributed by atoms with van der Waals surface area (Å²) < 4.78 is 4.78. The lowest BCUT2D eigenvalue weighted by molar-refractivity contribution is -0.148. The first-order valence-corrected chi connectivity index (χ1v) is 8.14. The summed E-state index contributed by atoms with van der Waals surface area (Å²) in [5.41, 5.74) is 1.18. The highest BCUT2D eigenvalue weighted by Crippen LogP contribution is 2.24. The molecule has 1 aromatic rings. The van der Waals surface area contributed by atoms with Crippen LogP contribution in [0.1, 0.15) is 18.4 Å². The van der Waals surface area contributed by atoms with Crippen molar-refractivity contribution in [2.45, 2.75) is 24.7 Å². The van der Waals surface area contributed by atoms with Crippen LogP contribution in [-0.2, 0) is 14.3 Å². The van der Waals surface area contributed by atoms with Gasteiger partial charge in [0.15, 0.2) is 0 Å². The van der Waals surface area contributed by atoms with Gasteiger partial charge in [-0.15, -0.1) is 11.8 Å². The van der Waals surface area contributed by atoms with E-state index >= 15 is 0 Å². The monoisotopic (exact) mass is 307 g/mol. The molecule has 0 bridgehead atoms. The van der Waals surface area contributed by atoms with Gasteiger partial charge in [-0.05, 0) is 31.4 Å². The summed E-state index contributed by atoms with van der Waals surface area (Å²) in [6.07, 6.45) is 1.67. The van der Waals surface area contributed by atoms with Crippen molar-refractivity contribution in [3.05, 3.63) is 29.8 Å². The van der Waals surface area contributed by atoms with E-state index in [9.17, 15) is 9.59 Å². The highest BCUT2D eigenvalue weighted by atomic mass is 32.2. The standard InChI is InChI=1S/C16H21NO3S/c1-12-6-3-4-8-14(12)21-11-15(18)17-9-5-7-13(10-17)16(19)20-2/h3-4,6,8,13H,5,7,9-11H2,1-2H3. The van der Waals surface area contributed by atoms with Crippen molar-refractivity contribution < 1.29 is 14.3 Å². The molecule has 1 aliphatic rings. The van der Waals surface area contributed by atoms with Gasteiger partial charge < -0.3 is 9.64 Å². The molecular weight excluding hydrogens is 286 g/mol. The normalized spacial score (nSPS) is 18.4. The molecule has 1 unspecified atom stereocenters. The molecule has 0 radical (unpaired) electrons. The Morgan fingerprint density at radius 2 is 2.14 bits per heavy atom. The van der Waals surface area contributed by atoms with E-state index in [-0.39, 0.29) is 17.8 Å². The highest BCUT2D eigenvalue weighted by Gasteiger charge is 2.28. The Morgan fingerprint density at radius 3 is 2.86 bits per heavy atom. The van der Waals surface area contributed by atoms with E-state index in [0.29, 0.717) is 12.3 Å². The van der Waals surface area contributed by atoms with Gasteiger partial charge in [0.05, 0.1) is 18.8 Å². The van der Waals surface area contributed by atoms with Crippen molar-refractivity contribution in [2.24, 2.45) is 5.92 Å². The molecule has 1 heterocycles. The van der Waals surface area contributed by atoms with Crippen LogP contribution in [0, 0.1) is 12.8 Å². The fraction of sp³-hybridized carbons (Fsp3) is 0.500. The van der Waals surface area contributed by atoms with Crippen LogP contribution in [0.25, 0.3) is 0 Å². The lowest BCUT2D eigenvalue weighted by atomic mass is 9.98. The third kappa shape index (κ3) is 4.24. The fourth-order valence-corrected chi connectivity index (χ4v) is 3.44. The van der Waals surface area contributed by atoms with Gasteiger partial charge >= 0.3 is 5.97 Å². The summed E-state index contributed by atoms with van der Waals surface area (Å²) in [6.45, 7) is 3.27. The number of aryl methyl sites for hydroxylation is 1. The molecule has 21 heavy (non-hydrogen) atoms. The third-order valence-electron chi connectivity index (χ3n) is 3.75. The molecule has 1 atom stereocenters. The Kier molecular flexibility index (Phi) is 5.67. The summed E-state index contributed by atoms with van der Waals surface area (Å²) in [5.74, 6) is 0.130. The first kappa shape index (κ1) is 15.9. The number of thioether (sulfide) groups is 1. The Labute approximate surface area is 129 Å². The van der Waals surface area contributed by atoms with Crippen LogP contribution in [0.2, 0.25) is 0 Å². The number of nitrogens with zero attached hydrogens (tertiary/aromatic N) is 1. The first-order chi connectivity index (χ1) is 10.1. The average Bonchev–Trinajstić information content (AvgIpc) is 2.53. The predicted octanol–water partition coefficient (Wildman–Crippen LogP) is 2.50. The number of carbonyl (C=O) groups is 2. The van der Waals surface area contributed by atoms with Gasteiger partial charge in [0.2, 0.25) is 5.91 Å². The van der Waals surface area contributed by atoms with Gasteiger partial charge in [0, 0.05) is 18.0 Å². The number of ether oxygens (including phenoxy) is 1. The largest absolute Gasteiger partial charge is 0.469 e. The molecule has 0 spiro atoms. The van der Waals surface area contributed by atoms with E-state index in [1.807, 2.05) is 31.2 Å². The Bertz CT molecular complexity index is 518. The molecule has 0 aliphatic carbocycles. The molecule has 1 amide bonds. The van der Waals surface area contributed by atoms with Crippen molar-refractivity contribution in [1.29, 1.82) is 0 Å². The van der Waals surface area contributed by atoms with Crippen molar-refractivity contribution >= 4 is 23.6 Å². The van der Waals surface area contributed by atoms with Crippen LogP contribution < -0.4 is 0 Å². The van der Waals surface area contributed by atoms with E-state index in [1.165, 1.54) is 12.7 Å². The molecule has 2 rings (SSSR count). The summed E-state index contributed by atoms with van der Waals surface area (Å²) in [6, 6.07) is 8.04. The van der Waals surface area contributed by atoms with Crippen molar-refractivity contribution in [2.75, 3.05) is 26.0 Å². The Hall–Kier alpha value is -1.49. The SMILES string of the molecule is COC(=O)C1CCCN(C(=O)CSc2ccccc2C)C1. The van der Waals surface area contributed by atoms with E-state index in [4.69, 9.17) is 4.74 Å². The van der Waals surface area contributed by atoms with Crippen LogP contribution in [0.15, 0.2) is 29.2 Å². The molecule has 1 aliphatic heterocycles. The number of benzene rings is 1. The van der Waals surface area contributed by atoms with Gasteiger partial charge in [0.25, 0.3) is 0 Å². The molecule has 1 aromatic carbocycles. The predicted molar refractivity (Wildman–Crippen MR) is 83.2 cm³/mol. The van der Waals surface area contributed by atoms with E-state index in [0.717, 1.165) is 24.3 Å². The number of hydrogen-bond donors (Lipinski definition) is 0. The number of piperidine rings is 1. The summed E-state index contributed by atoms with van der Waals surface area (Å²) in [7, 11) is 1.40. The van der Waals surface area contributed by atoms with Crippen LogP contribution >= 0.6 is 11.8 Å². The van der Waals surface area contributed by atoms with Crippen molar-refractivity contribution in [3.8, 4) is 0 Å². The molecule has 1 fully saturated rings. The lowest BCUT2D eigenvalue weighted by Crippen LogP contribution is -2.43. The van der Waals surface area contributed by atoms with Crippen LogP contribution in [0.5, 0.6) is 0 Å². The molecule has 1 saturated heterocycles. The van der Waals surface area contributed by atoms with Crippen molar-refractivity contribution in [1.82, 2.24) is 4.90 Å². The fourth-order valence-electron chi connectivity index (χ4n) is 2.51. The Morgan fingerprint density at radius 1 is 1.38 bits per heavy atom. The highest BCUT2D eigenvalue weighted by molar-refractivity contribution is 8.00. The molecule has 5 heteroatoms. The van der Waals surface area contributed by atoms with Crippen molar-refractivity contribution in [3.63, 3.8) is 0 Å². The molecular formula is C16H21NO3S. The molecule has 4 nitrogen and oxygen atoms in total. The van der Waals surface area contributed by atoms with Crippen LogP contribution in [-0.4, -0.2) is 42.7 Å². The number of amides is 1. The zero-order valence-electron chi connectivity index (χ0n) is 12.5. The van der Waals surface area contributed by atoms with Crippen LogP contribution in [0.4, 0.5) is 0 Å². The molecule has 114 valence electrons. The second-order valence-electron chi connectivity index (χ2n) is 5.26. The smallest absolute Gasteiger partial charge is 0.310 e. The van der Waals surface area contributed by atoms with Gasteiger partial charge in [-0.1, -0.05) is 18.2 Å². The molecule has 0 aromatic heterocycles. The third-order valence-corrected chi connectivity index (χ3v) is 4.91. The lowest BCUT2D eigenvalue weighted by Gasteiger charge is -2.31. The van der Waals surface area contributed by atoms with Gasteiger partial charge in [-0.3, -0.25) is 9.59 Å².